The maximum absolute atomic E-state index is 14.0. The van der Waals surface area contributed by atoms with Crippen LogP contribution >= 0.6 is 27.5 Å². The molecule has 0 amide bonds. The van der Waals surface area contributed by atoms with Gasteiger partial charge in [-0.15, -0.1) is 0 Å². The first-order chi connectivity index (χ1) is 17.7. The molecule has 0 radical (unpaired) electrons. The molecule has 0 saturated heterocycles. The molecule has 2 heterocycles. The lowest BCUT2D eigenvalue weighted by atomic mass is 10.1. The predicted octanol–water partition coefficient (Wildman–Crippen LogP) is 6.50. The Kier molecular flexibility index (Phi) is 6.84. The molecular weight excluding hydrogens is 588 g/mol. The summed E-state index contributed by atoms with van der Waals surface area (Å²) in [5, 5.41) is 8.26. The van der Waals surface area contributed by atoms with Gasteiger partial charge in [0.25, 0.3) is 10.0 Å². The molecule has 3 aromatic carbocycles. The average Bonchev–Trinajstić information content (AvgIpc) is 3.24. The number of aromatic nitrogens is 3. The molecule has 12 heteroatoms. The number of hydrogen-bond donors (Lipinski definition) is 2. The minimum atomic E-state index is -4.23. The quantitative estimate of drug-likeness (QED) is 0.221. The first kappa shape index (κ1) is 25.1. The summed E-state index contributed by atoms with van der Waals surface area (Å²) in [6, 6.07) is 18.1. The van der Waals surface area contributed by atoms with Gasteiger partial charge in [-0.25, -0.2) is 22.2 Å². The molecule has 7 nitrogen and oxygen atoms in total. The number of hydrogen-bond acceptors (Lipinski definition) is 5. The van der Waals surface area contributed by atoms with Crippen molar-refractivity contribution in [2.45, 2.75) is 11.4 Å². The Morgan fingerprint density at radius 3 is 2.49 bits per heavy atom. The molecule has 5 aromatic rings. The zero-order valence-corrected chi connectivity index (χ0v) is 21.9. The molecule has 37 heavy (non-hydrogen) atoms. The number of rotatable bonds is 7. The van der Waals surface area contributed by atoms with Crippen LogP contribution in [0, 0.1) is 11.6 Å². The van der Waals surface area contributed by atoms with Crippen LogP contribution in [-0.2, 0) is 16.6 Å². The van der Waals surface area contributed by atoms with Gasteiger partial charge >= 0.3 is 0 Å². The van der Waals surface area contributed by atoms with Gasteiger partial charge in [-0.2, -0.15) is 9.61 Å². The van der Waals surface area contributed by atoms with Crippen molar-refractivity contribution in [3.63, 3.8) is 0 Å². The molecule has 0 fully saturated rings. The van der Waals surface area contributed by atoms with E-state index in [0.29, 0.717) is 34.8 Å². The lowest BCUT2D eigenvalue weighted by molar-refractivity contribution is 0.551. The fourth-order valence-corrected chi connectivity index (χ4v) is 5.36. The first-order valence-corrected chi connectivity index (χ1v) is 13.5. The maximum atomic E-state index is 14.0. The van der Waals surface area contributed by atoms with E-state index in [4.69, 9.17) is 11.6 Å². The second kappa shape index (κ2) is 10.1. The minimum absolute atomic E-state index is 0.232. The Hall–Kier alpha value is -3.54. The van der Waals surface area contributed by atoms with Crippen LogP contribution in [0.5, 0.6) is 0 Å². The average molecular weight is 605 g/mol. The van der Waals surface area contributed by atoms with Crippen molar-refractivity contribution in [2.24, 2.45) is 0 Å². The zero-order valence-electron chi connectivity index (χ0n) is 18.8. The highest BCUT2D eigenvalue weighted by atomic mass is 79.9. The normalized spacial score (nSPS) is 11.6. The summed E-state index contributed by atoms with van der Waals surface area (Å²) in [5.74, 6) is -1.36. The Morgan fingerprint density at radius 2 is 1.76 bits per heavy atom. The van der Waals surface area contributed by atoms with Crippen molar-refractivity contribution in [1.29, 1.82) is 0 Å². The molecule has 0 spiro atoms. The fraction of sp³-hybridized carbons (Fsp3) is 0.0400. The third kappa shape index (κ3) is 5.29. The zero-order chi connectivity index (χ0) is 26.2. The molecule has 188 valence electrons. The van der Waals surface area contributed by atoms with E-state index < -0.39 is 26.6 Å². The van der Waals surface area contributed by atoms with E-state index in [2.05, 4.69) is 36.1 Å². The molecule has 2 N–H and O–H groups in total. The van der Waals surface area contributed by atoms with Crippen molar-refractivity contribution in [1.82, 2.24) is 14.6 Å². The highest BCUT2D eigenvalue weighted by Gasteiger charge is 2.20. The smallest absolute Gasteiger partial charge is 0.264 e. The van der Waals surface area contributed by atoms with Gasteiger partial charge in [0.15, 0.2) is 5.65 Å². The minimum Gasteiger partial charge on any atom is -0.366 e. The third-order valence-electron chi connectivity index (χ3n) is 5.44. The van der Waals surface area contributed by atoms with E-state index in [0.717, 1.165) is 27.7 Å². The number of nitrogens with zero attached hydrogens (tertiary/aromatic N) is 3. The van der Waals surface area contributed by atoms with Gasteiger partial charge < -0.3 is 5.32 Å². The van der Waals surface area contributed by atoms with Gasteiger partial charge in [-0.1, -0.05) is 41.9 Å². The fourth-order valence-electron chi connectivity index (χ4n) is 3.66. The molecule has 0 aliphatic rings. The Balaban J connectivity index is 1.36. The summed E-state index contributed by atoms with van der Waals surface area (Å²) in [6.45, 7) is 0.387. The molecule has 0 atom stereocenters. The largest absolute Gasteiger partial charge is 0.366 e. The lowest BCUT2D eigenvalue weighted by Crippen LogP contribution is -2.14. The highest BCUT2D eigenvalue weighted by molar-refractivity contribution is 9.10. The first-order valence-electron chi connectivity index (χ1n) is 10.8. The molecule has 0 aliphatic heterocycles. The van der Waals surface area contributed by atoms with Crippen LogP contribution in [-0.4, -0.2) is 23.0 Å². The van der Waals surface area contributed by atoms with Crippen molar-refractivity contribution in [3.8, 4) is 11.3 Å². The second-order valence-electron chi connectivity index (χ2n) is 7.97. The van der Waals surface area contributed by atoms with Gasteiger partial charge in [-0.3, -0.25) is 4.72 Å². The van der Waals surface area contributed by atoms with E-state index in [1.165, 1.54) is 0 Å². The number of anilines is 2. The molecule has 0 unspecified atom stereocenters. The predicted molar refractivity (Wildman–Crippen MR) is 142 cm³/mol. The summed E-state index contributed by atoms with van der Waals surface area (Å²) in [4.78, 5) is 4.04. The van der Waals surface area contributed by atoms with Crippen LogP contribution in [0.2, 0.25) is 5.02 Å². The van der Waals surface area contributed by atoms with Gasteiger partial charge in [-0.05, 0) is 51.8 Å². The van der Waals surface area contributed by atoms with E-state index in [1.54, 1.807) is 41.0 Å². The van der Waals surface area contributed by atoms with Gasteiger partial charge in [0.2, 0.25) is 0 Å². The summed E-state index contributed by atoms with van der Waals surface area (Å²) < 4.78 is 56.8. The Labute approximate surface area is 224 Å². The lowest BCUT2D eigenvalue weighted by Gasteiger charge is -2.13. The van der Waals surface area contributed by atoms with Crippen LogP contribution in [0.4, 0.5) is 20.3 Å². The van der Waals surface area contributed by atoms with Gasteiger partial charge in [0.05, 0.1) is 16.4 Å². The second-order valence-corrected chi connectivity index (χ2v) is 10.9. The van der Waals surface area contributed by atoms with E-state index in [9.17, 15) is 17.2 Å². The van der Waals surface area contributed by atoms with Crippen molar-refractivity contribution in [3.05, 3.63) is 106 Å². The van der Waals surface area contributed by atoms with E-state index in [-0.39, 0.29) is 5.69 Å². The SMILES string of the molecule is O=S(=O)(Nc1ccc(CNc2cc(-c3ccccc3Cl)nc3c(Br)cnn23)cc1)c1ccc(F)cc1F. The number of fused-ring (bicyclic) bond motifs is 1. The number of benzene rings is 3. The Bertz CT molecular complexity index is 1730. The summed E-state index contributed by atoms with van der Waals surface area (Å²) in [7, 11) is -4.23. The van der Waals surface area contributed by atoms with Crippen LogP contribution in [0.3, 0.4) is 0 Å². The molecule has 0 saturated carbocycles. The van der Waals surface area contributed by atoms with E-state index in [1.807, 2.05) is 24.3 Å². The van der Waals surface area contributed by atoms with Crippen LogP contribution in [0.1, 0.15) is 5.56 Å². The Morgan fingerprint density at radius 1 is 1.00 bits per heavy atom. The van der Waals surface area contributed by atoms with Crippen LogP contribution in [0.15, 0.2) is 88.4 Å². The van der Waals surface area contributed by atoms with Gasteiger partial charge in [0.1, 0.15) is 22.3 Å². The number of nitrogens with one attached hydrogen (secondary N) is 2. The summed E-state index contributed by atoms with van der Waals surface area (Å²) >= 11 is 9.86. The highest BCUT2D eigenvalue weighted by Crippen LogP contribution is 2.30. The van der Waals surface area contributed by atoms with Crippen molar-refractivity contribution >= 4 is 54.7 Å². The number of sulfonamides is 1. The summed E-state index contributed by atoms with van der Waals surface area (Å²) in [5.41, 5.74) is 3.12. The van der Waals surface area contributed by atoms with Gasteiger partial charge in [0, 0.05) is 35.0 Å². The maximum Gasteiger partial charge on any atom is 0.264 e. The molecule has 5 rings (SSSR count). The van der Waals surface area contributed by atoms with E-state index >= 15 is 0 Å². The van der Waals surface area contributed by atoms with Crippen molar-refractivity contribution in [2.75, 3.05) is 10.0 Å². The van der Waals surface area contributed by atoms with Crippen LogP contribution < -0.4 is 10.0 Å². The summed E-state index contributed by atoms with van der Waals surface area (Å²) in [6.07, 6.45) is 1.65. The monoisotopic (exact) mass is 603 g/mol. The molecule has 2 aromatic heterocycles. The molecule has 0 bridgehead atoms. The van der Waals surface area contributed by atoms with Crippen molar-refractivity contribution < 1.29 is 17.2 Å². The molecular formula is C25H17BrClF2N5O2S. The molecule has 0 aliphatic carbocycles. The topological polar surface area (TPSA) is 88.4 Å². The standard InChI is InChI=1S/C25H17BrClF2N5O2S/c26-19-14-31-34-24(12-22(32-25(19)34)18-3-1-2-4-20(18)27)30-13-15-5-8-17(9-6-15)33-37(35,36)23-10-7-16(28)11-21(23)29/h1-12,14,30,33H,13H2. The third-order valence-corrected chi connectivity index (χ3v) is 7.75. The number of halogens is 4. The van der Waals surface area contributed by atoms with Crippen LogP contribution in [0.25, 0.3) is 16.9 Å².